The second-order valence-electron chi connectivity index (χ2n) is 8.51. The standard InChI is InChI=1S/C25H28ClN3O2/c1-30-23-15-24(31-2)22(26)14-21(23)25-27-10-11-28(25)20-12-18-8-9-19(13-20)29(18)16-17-6-4-3-5-7-17/h3-7,10-11,14-15,18-20H,8-9,12-13,16H2,1-2H3/t18-,19+,20?. The van der Waals surface area contributed by atoms with Crippen LogP contribution in [0.4, 0.5) is 0 Å². The topological polar surface area (TPSA) is 39.5 Å². The van der Waals surface area contributed by atoms with Crippen molar-refractivity contribution in [3.05, 3.63) is 65.4 Å². The van der Waals surface area contributed by atoms with Crippen LogP contribution in [0.3, 0.4) is 0 Å². The molecule has 1 aromatic heterocycles. The van der Waals surface area contributed by atoms with Crippen LogP contribution in [0.2, 0.25) is 5.02 Å². The van der Waals surface area contributed by atoms with Gasteiger partial charge in [-0.25, -0.2) is 4.98 Å². The van der Waals surface area contributed by atoms with Gasteiger partial charge in [-0.3, -0.25) is 4.90 Å². The molecule has 0 aliphatic carbocycles. The van der Waals surface area contributed by atoms with Crippen LogP contribution in [0.5, 0.6) is 11.5 Å². The number of fused-ring (bicyclic) bond motifs is 2. The maximum absolute atomic E-state index is 6.44. The van der Waals surface area contributed by atoms with E-state index in [1.807, 2.05) is 18.3 Å². The van der Waals surface area contributed by atoms with Crippen LogP contribution < -0.4 is 9.47 Å². The molecule has 2 aliphatic heterocycles. The smallest absolute Gasteiger partial charge is 0.143 e. The molecule has 5 rings (SSSR count). The van der Waals surface area contributed by atoms with Crippen molar-refractivity contribution < 1.29 is 9.47 Å². The zero-order valence-corrected chi connectivity index (χ0v) is 18.8. The van der Waals surface area contributed by atoms with Crippen LogP contribution in [0.1, 0.15) is 37.3 Å². The van der Waals surface area contributed by atoms with Crippen LogP contribution in [0.25, 0.3) is 11.4 Å². The monoisotopic (exact) mass is 437 g/mol. The highest BCUT2D eigenvalue weighted by Crippen LogP contribution is 2.44. The number of hydrogen-bond donors (Lipinski definition) is 0. The number of piperidine rings is 1. The molecular formula is C25H28ClN3O2. The van der Waals surface area contributed by atoms with Crippen molar-refractivity contribution in [3.63, 3.8) is 0 Å². The highest BCUT2D eigenvalue weighted by atomic mass is 35.5. The number of halogens is 1. The molecule has 0 amide bonds. The molecule has 0 spiro atoms. The lowest BCUT2D eigenvalue weighted by molar-refractivity contribution is 0.0998. The Hall–Kier alpha value is -2.50. The average Bonchev–Trinajstić information content (AvgIpc) is 3.36. The van der Waals surface area contributed by atoms with Gasteiger partial charge in [0.2, 0.25) is 0 Å². The van der Waals surface area contributed by atoms with E-state index in [0.717, 1.165) is 36.5 Å². The third kappa shape index (κ3) is 3.81. The zero-order chi connectivity index (χ0) is 21.4. The molecule has 162 valence electrons. The predicted molar refractivity (Wildman–Crippen MR) is 123 cm³/mol. The summed E-state index contributed by atoms with van der Waals surface area (Å²) >= 11 is 6.44. The third-order valence-corrected chi connectivity index (χ3v) is 7.14. The first-order valence-corrected chi connectivity index (χ1v) is 11.3. The minimum absolute atomic E-state index is 0.424. The lowest BCUT2D eigenvalue weighted by Gasteiger charge is -2.40. The van der Waals surface area contributed by atoms with E-state index in [2.05, 4.69) is 46.0 Å². The first-order valence-electron chi connectivity index (χ1n) is 10.9. The van der Waals surface area contributed by atoms with Crippen molar-refractivity contribution >= 4 is 11.6 Å². The maximum Gasteiger partial charge on any atom is 0.143 e. The molecule has 31 heavy (non-hydrogen) atoms. The van der Waals surface area contributed by atoms with E-state index in [1.165, 1.54) is 18.4 Å². The molecule has 0 saturated carbocycles. The number of nitrogens with zero attached hydrogens (tertiary/aromatic N) is 3. The van der Waals surface area contributed by atoms with Gasteiger partial charge in [-0.2, -0.15) is 0 Å². The Morgan fingerprint density at radius 3 is 2.35 bits per heavy atom. The van der Waals surface area contributed by atoms with Gasteiger partial charge in [0.25, 0.3) is 0 Å². The molecule has 0 radical (unpaired) electrons. The van der Waals surface area contributed by atoms with Gasteiger partial charge in [-0.15, -0.1) is 0 Å². The second kappa shape index (κ2) is 8.56. The molecule has 2 aliphatic rings. The first-order chi connectivity index (χ1) is 15.2. The van der Waals surface area contributed by atoms with Crippen LogP contribution in [-0.2, 0) is 6.54 Å². The summed E-state index contributed by atoms with van der Waals surface area (Å²) in [5, 5.41) is 0.561. The van der Waals surface area contributed by atoms with Gasteiger partial charge in [0, 0.05) is 43.1 Å². The molecule has 3 aromatic rings. The zero-order valence-electron chi connectivity index (χ0n) is 18.0. The molecule has 3 heterocycles. The molecule has 1 unspecified atom stereocenters. The number of benzene rings is 2. The summed E-state index contributed by atoms with van der Waals surface area (Å²) < 4.78 is 13.3. The normalized spacial score (nSPS) is 23.1. The Kier molecular flexibility index (Phi) is 5.63. The number of hydrogen-bond acceptors (Lipinski definition) is 4. The van der Waals surface area contributed by atoms with Gasteiger partial charge in [-0.05, 0) is 37.3 Å². The number of ether oxygens (including phenoxy) is 2. The summed E-state index contributed by atoms with van der Waals surface area (Å²) in [6.07, 6.45) is 8.80. The Bertz CT molecular complexity index is 1040. The Balaban J connectivity index is 1.41. The molecule has 5 nitrogen and oxygen atoms in total. The molecule has 2 aromatic carbocycles. The summed E-state index contributed by atoms with van der Waals surface area (Å²) in [5.41, 5.74) is 2.30. The van der Waals surface area contributed by atoms with E-state index in [4.69, 9.17) is 26.1 Å². The third-order valence-electron chi connectivity index (χ3n) is 6.84. The molecule has 2 fully saturated rings. The van der Waals surface area contributed by atoms with Gasteiger partial charge in [-0.1, -0.05) is 41.9 Å². The largest absolute Gasteiger partial charge is 0.496 e. The summed E-state index contributed by atoms with van der Waals surface area (Å²) in [5.74, 6) is 2.23. The van der Waals surface area contributed by atoms with E-state index in [-0.39, 0.29) is 0 Å². The first kappa shape index (κ1) is 20.4. The number of methoxy groups -OCH3 is 2. The molecule has 2 bridgehead atoms. The number of aromatic nitrogens is 2. The Morgan fingerprint density at radius 1 is 0.968 bits per heavy atom. The van der Waals surface area contributed by atoms with E-state index < -0.39 is 0 Å². The Morgan fingerprint density at radius 2 is 1.68 bits per heavy atom. The number of imidazole rings is 1. The van der Waals surface area contributed by atoms with E-state index >= 15 is 0 Å². The SMILES string of the molecule is COc1cc(OC)c(-c2nccn2C2C[C@H]3CC[C@@H](C2)N3Cc2ccccc2)cc1Cl. The summed E-state index contributed by atoms with van der Waals surface area (Å²) in [4.78, 5) is 7.41. The highest BCUT2D eigenvalue weighted by molar-refractivity contribution is 6.32. The van der Waals surface area contributed by atoms with Crippen molar-refractivity contribution in [2.75, 3.05) is 14.2 Å². The van der Waals surface area contributed by atoms with Gasteiger partial charge >= 0.3 is 0 Å². The summed E-state index contributed by atoms with van der Waals surface area (Å²) in [6, 6.07) is 16.2. The fraction of sp³-hybridized carbons (Fsp3) is 0.400. The summed E-state index contributed by atoms with van der Waals surface area (Å²) in [6.45, 7) is 1.04. The maximum atomic E-state index is 6.44. The fourth-order valence-electron chi connectivity index (χ4n) is 5.38. The predicted octanol–water partition coefficient (Wildman–Crippen LogP) is 5.59. The summed E-state index contributed by atoms with van der Waals surface area (Å²) in [7, 11) is 3.28. The van der Waals surface area contributed by atoms with Crippen LogP contribution in [-0.4, -0.2) is 40.8 Å². The highest BCUT2D eigenvalue weighted by Gasteiger charge is 2.41. The van der Waals surface area contributed by atoms with E-state index in [9.17, 15) is 0 Å². The molecule has 3 atom stereocenters. The van der Waals surface area contributed by atoms with Gasteiger partial charge < -0.3 is 14.0 Å². The molecular weight excluding hydrogens is 410 g/mol. The van der Waals surface area contributed by atoms with Crippen molar-refractivity contribution in [1.82, 2.24) is 14.5 Å². The Labute approximate surface area is 188 Å². The van der Waals surface area contributed by atoms with E-state index in [0.29, 0.717) is 28.9 Å². The fourth-order valence-corrected chi connectivity index (χ4v) is 5.62. The average molecular weight is 438 g/mol. The van der Waals surface area contributed by atoms with Crippen molar-refractivity contribution in [2.24, 2.45) is 0 Å². The second-order valence-corrected chi connectivity index (χ2v) is 8.92. The van der Waals surface area contributed by atoms with Gasteiger partial charge in [0.1, 0.15) is 17.3 Å². The molecule has 2 saturated heterocycles. The van der Waals surface area contributed by atoms with Crippen molar-refractivity contribution in [2.45, 2.75) is 50.4 Å². The van der Waals surface area contributed by atoms with Crippen molar-refractivity contribution in [1.29, 1.82) is 0 Å². The lowest BCUT2D eigenvalue weighted by Crippen LogP contribution is -2.42. The van der Waals surface area contributed by atoms with Crippen LogP contribution >= 0.6 is 11.6 Å². The lowest BCUT2D eigenvalue weighted by atomic mass is 9.96. The minimum atomic E-state index is 0.424. The minimum Gasteiger partial charge on any atom is -0.496 e. The van der Waals surface area contributed by atoms with E-state index in [1.54, 1.807) is 14.2 Å². The molecule has 0 N–H and O–H groups in total. The van der Waals surface area contributed by atoms with Crippen molar-refractivity contribution in [3.8, 4) is 22.9 Å². The molecule has 6 heteroatoms. The van der Waals surface area contributed by atoms with Gasteiger partial charge in [0.05, 0.1) is 24.8 Å². The van der Waals surface area contributed by atoms with Crippen LogP contribution in [0.15, 0.2) is 54.9 Å². The number of rotatable bonds is 6. The van der Waals surface area contributed by atoms with Crippen LogP contribution in [0, 0.1) is 0 Å². The quantitative estimate of drug-likeness (QED) is 0.504. The van der Waals surface area contributed by atoms with Gasteiger partial charge in [0.15, 0.2) is 0 Å².